The van der Waals surface area contributed by atoms with Gasteiger partial charge in [0.2, 0.25) is 5.91 Å². The average molecular weight is 264 g/mol. The Balaban J connectivity index is 1.96. The molecule has 1 aromatic carbocycles. The lowest BCUT2D eigenvalue weighted by Crippen LogP contribution is -2.37. The first-order valence-corrected chi connectivity index (χ1v) is 6.27. The number of benzene rings is 1. The van der Waals surface area contributed by atoms with E-state index in [2.05, 4.69) is 0 Å². The van der Waals surface area contributed by atoms with Crippen LogP contribution in [0.15, 0.2) is 30.3 Å². The smallest absolute Gasteiger partial charge is 0.246 e. The first-order chi connectivity index (χ1) is 8.65. The van der Waals surface area contributed by atoms with Crippen LogP contribution in [0.2, 0.25) is 5.02 Å². The van der Waals surface area contributed by atoms with Gasteiger partial charge in [0.1, 0.15) is 5.78 Å². The van der Waals surface area contributed by atoms with E-state index in [0.29, 0.717) is 31.0 Å². The van der Waals surface area contributed by atoms with E-state index >= 15 is 0 Å². The molecule has 1 aliphatic heterocycles. The van der Waals surface area contributed by atoms with Crippen LogP contribution in [0.1, 0.15) is 18.4 Å². The fourth-order valence-electron chi connectivity index (χ4n) is 1.86. The number of amides is 1. The molecule has 1 fully saturated rings. The van der Waals surface area contributed by atoms with Crippen molar-refractivity contribution in [2.45, 2.75) is 12.8 Å². The van der Waals surface area contributed by atoms with Crippen molar-refractivity contribution in [3.63, 3.8) is 0 Å². The van der Waals surface area contributed by atoms with E-state index in [-0.39, 0.29) is 11.7 Å². The number of piperidine rings is 1. The average Bonchev–Trinajstić information content (AvgIpc) is 2.37. The predicted octanol–water partition coefficient (Wildman–Crippen LogP) is 2.54. The van der Waals surface area contributed by atoms with Crippen LogP contribution in [0.25, 0.3) is 6.08 Å². The van der Waals surface area contributed by atoms with Crippen LogP contribution in [0.4, 0.5) is 0 Å². The van der Waals surface area contributed by atoms with E-state index in [4.69, 9.17) is 11.6 Å². The molecule has 0 radical (unpaired) electrons. The van der Waals surface area contributed by atoms with E-state index in [1.165, 1.54) is 6.08 Å². The molecule has 1 saturated heterocycles. The summed E-state index contributed by atoms with van der Waals surface area (Å²) in [5.74, 6) is 0.181. The predicted molar refractivity (Wildman–Crippen MR) is 71.3 cm³/mol. The van der Waals surface area contributed by atoms with Crippen LogP contribution >= 0.6 is 11.6 Å². The maximum atomic E-state index is 11.9. The second-order valence-electron chi connectivity index (χ2n) is 4.25. The third-order valence-corrected chi connectivity index (χ3v) is 3.13. The van der Waals surface area contributed by atoms with Gasteiger partial charge < -0.3 is 4.90 Å². The van der Waals surface area contributed by atoms with Crippen molar-refractivity contribution in [3.8, 4) is 0 Å². The van der Waals surface area contributed by atoms with Crippen LogP contribution in [0.3, 0.4) is 0 Å². The van der Waals surface area contributed by atoms with Crippen molar-refractivity contribution >= 4 is 29.4 Å². The number of likely N-dealkylation sites (tertiary alicyclic amines) is 1. The number of halogens is 1. The van der Waals surface area contributed by atoms with Crippen LogP contribution in [0, 0.1) is 0 Å². The number of carbonyl (C=O) groups is 2. The Kier molecular flexibility index (Phi) is 4.15. The van der Waals surface area contributed by atoms with Crippen molar-refractivity contribution in [3.05, 3.63) is 40.9 Å². The van der Waals surface area contributed by atoms with Gasteiger partial charge in [0.05, 0.1) is 0 Å². The summed E-state index contributed by atoms with van der Waals surface area (Å²) < 4.78 is 0. The molecule has 0 aromatic heterocycles. The van der Waals surface area contributed by atoms with Crippen molar-refractivity contribution < 1.29 is 9.59 Å². The van der Waals surface area contributed by atoms with Gasteiger partial charge in [-0.2, -0.15) is 0 Å². The van der Waals surface area contributed by atoms with Crippen molar-refractivity contribution in [2.24, 2.45) is 0 Å². The van der Waals surface area contributed by atoms with Crippen molar-refractivity contribution in [1.29, 1.82) is 0 Å². The highest BCUT2D eigenvalue weighted by molar-refractivity contribution is 6.30. The molecule has 1 aliphatic rings. The molecule has 0 aliphatic carbocycles. The molecule has 0 saturated carbocycles. The Morgan fingerprint density at radius 1 is 1.28 bits per heavy atom. The van der Waals surface area contributed by atoms with Gasteiger partial charge in [0.15, 0.2) is 0 Å². The first kappa shape index (κ1) is 12.8. The summed E-state index contributed by atoms with van der Waals surface area (Å²) >= 11 is 5.86. The lowest BCUT2D eigenvalue weighted by molar-refractivity contribution is -0.130. The van der Waals surface area contributed by atoms with Gasteiger partial charge in [-0.05, 0) is 23.8 Å². The zero-order valence-electron chi connectivity index (χ0n) is 9.93. The third-order valence-electron chi connectivity index (χ3n) is 2.90. The summed E-state index contributed by atoms with van der Waals surface area (Å²) in [5.41, 5.74) is 0.893. The van der Waals surface area contributed by atoms with Gasteiger partial charge in [-0.1, -0.05) is 23.7 Å². The van der Waals surface area contributed by atoms with Crippen LogP contribution < -0.4 is 0 Å². The third kappa shape index (κ3) is 3.44. The molecular formula is C14H14ClNO2. The molecule has 1 amide bonds. The fourth-order valence-corrected chi connectivity index (χ4v) is 2.06. The minimum Gasteiger partial charge on any atom is -0.338 e. The number of hydrogen-bond acceptors (Lipinski definition) is 2. The lowest BCUT2D eigenvalue weighted by Gasteiger charge is -2.24. The van der Waals surface area contributed by atoms with E-state index in [9.17, 15) is 9.59 Å². The SMILES string of the molecule is O=C1CCN(C(=O)/C=C/c2cccc(Cl)c2)CC1. The second-order valence-corrected chi connectivity index (χ2v) is 4.69. The number of Topliss-reactive ketones (excluding diaryl/α,β-unsaturated/α-hetero) is 1. The van der Waals surface area contributed by atoms with Gasteiger partial charge >= 0.3 is 0 Å². The molecule has 18 heavy (non-hydrogen) atoms. The highest BCUT2D eigenvalue weighted by atomic mass is 35.5. The quantitative estimate of drug-likeness (QED) is 0.769. The van der Waals surface area contributed by atoms with Crippen molar-refractivity contribution in [1.82, 2.24) is 4.90 Å². The Bertz CT molecular complexity index is 486. The molecule has 3 nitrogen and oxygen atoms in total. The molecular weight excluding hydrogens is 250 g/mol. The molecule has 4 heteroatoms. The van der Waals surface area contributed by atoms with Crippen LogP contribution in [0.5, 0.6) is 0 Å². The van der Waals surface area contributed by atoms with Gasteiger partial charge in [0, 0.05) is 37.0 Å². The summed E-state index contributed by atoms with van der Waals surface area (Å²) in [6, 6.07) is 7.31. The monoisotopic (exact) mass is 263 g/mol. The molecule has 2 rings (SSSR count). The zero-order chi connectivity index (χ0) is 13.0. The maximum absolute atomic E-state index is 11.9. The molecule has 0 bridgehead atoms. The van der Waals surface area contributed by atoms with E-state index in [1.54, 1.807) is 23.1 Å². The lowest BCUT2D eigenvalue weighted by atomic mass is 10.1. The first-order valence-electron chi connectivity index (χ1n) is 5.89. The number of ketones is 1. The molecule has 0 atom stereocenters. The summed E-state index contributed by atoms with van der Waals surface area (Å²) in [7, 11) is 0. The normalized spacial score (nSPS) is 16.3. The van der Waals surface area contributed by atoms with Crippen molar-refractivity contribution in [2.75, 3.05) is 13.1 Å². The van der Waals surface area contributed by atoms with Crippen LogP contribution in [-0.2, 0) is 9.59 Å². The minimum atomic E-state index is -0.0533. The van der Waals surface area contributed by atoms with Gasteiger partial charge in [0.25, 0.3) is 0 Å². The maximum Gasteiger partial charge on any atom is 0.246 e. The number of nitrogens with zero attached hydrogens (tertiary/aromatic N) is 1. The molecule has 0 N–H and O–H groups in total. The summed E-state index contributed by atoms with van der Waals surface area (Å²) in [4.78, 5) is 24.6. The number of carbonyl (C=O) groups excluding carboxylic acids is 2. The molecule has 94 valence electrons. The summed E-state index contributed by atoms with van der Waals surface area (Å²) in [6.07, 6.45) is 4.21. The Morgan fingerprint density at radius 3 is 2.67 bits per heavy atom. The number of rotatable bonds is 2. The van der Waals surface area contributed by atoms with Gasteiger partial charge in [-0.25, -0.2) is 0 Å². The molecule has 0 unspecified atom stereocenters. The Morgan fingerprint density at radius 2 is 2.00 bits per heavy atom. The Hall–Kier alpha value is -1.61. The molecule has 1 heterocycles. The minimum absolute atomic E-state index is 0.0533. The standard InChI is InChI=1S/C14H14ClNO2/c15-12-3-1-2-11(10-12)4-5-14(18)16-8-6-13(17)7-9-16/h1-5,10H,6-9H2/b5-4+. The van der Waals surface area contributed by atoms with E-state index < -0.39 is 0 Å². The molecule has 0 spiro atoms. The van der Waals surface area contributed by atoms with Crippen LogP contribution in [-0.4, -0.2) is 29.7 Å². The largest absolute Gasteiger partial charge is 0.338 e. The number of hydrogen-bond donors (Lipinski definition) is 0. The fraction of sp³-hybridized carbons (Fsp3) is 0.286. The Labute approximate surface area is 111 Å². The van der Waals surface area contributed by atoms with Gasteiger partial charge in [-0.3, -0.25) is 9.59 Å². The summed E-state index contributed by atoms with van der Waals surface area (Å²) in [6.45, 7) is 1.05. The topological polar surface area (TPSA) is 37.4 Å². The van der Waals surface area contributed by atoms with E-state index in [0.717, 1.165) is 5.56 Å². The highest BCUT2D eigenvalue weighted by Gasteiger charge is 2.18. The summed E-state index contributed by atoms with van der Waals surface area (Å²) in [5, 5.41) is 0.646. The molecule has 1 aromatic rings. The van der Waals surface area contributed by atoms with E-state index in [1.807, 2.05) is 12.1 Å². The van der Waals surface area contributed by atoms with Gasteiger partial charge in [-0.15, -0.1) is 0 Å². The highest BCUT2D eigenvalue weighted by Crippen LogP contribution is 2.12. The second kappa shape index (κ2) is 5.83. The zero-order valence-corrected chi connectivity index (χ0v) is 10.7.